The first-order chi connectivity index (χ1) is 14.7. The van der Waals surface area contributed by atoms with E-state index in [9.17, 15) is 29.4 Å². The molecule has 2 atom stereocenters. The summed E-state index contributed by atoms with van der Waals surface area (Å²) in [6.45, 7) is 23.9. The minimum absolute atomic E-state index is 0. The third kappa shape index (κ3) is 29.2. The third-order valence-electron chi connectivity index (χ3n) is 4.70. The number of carbonyl (C=O) groups is 4. The van der Waals surface area contributed by atoms with Crippen LogP contribution in [0.1, 0.15) is 110 Å². The van der Waals surface area contributed by atoms with Crippen LogP contribution in [0, 0.1) is 22.7 Å². The van der Waals surface area contributed by atoms with Crippen molar-refractivity contribution in [3.8, 4) is 0 Å². The van der Waals surface area contributed by atoms with Crippen molar-refractivity contribution in [2.24, 2.45) is 22.7 Å². The summed E-state index contributed by atoms with van der Waals surface area (Å²) in [5, 5.41) is 38.2. The van der Waals surface area contributed by atoms with Gasteiger partial charge in [0.25, 0.3) is 0 Å². The maximum Gasteiger partial charge on any atom is 2.00 e. The number of Topliss-reactive ketones (excluding diaryl/α,β-unsaturated/α-hetero) is 2. The summed E-state index contributed by atoms with van der Waals surface area (Å²) < 4.78 is 0. The fourth-order valence-corrected chi connectivity index (χ4v) is 1.51. The fourth-order valence-electron chi connectivity index (χ4n) is 1.51. The fraction of sp³-hybridized carbons (Fsp3) is 0.846. The second-order valence-electron chi connectivity index (χ2n) is 11.6. The molecule has 8 nitrogen and oxygen atoms in total. The van der Waals surface area contributed by atoms with Crippen molar-refractivity contribution in [2.45, 2.75) is 121 Å². The Morgan fingerprint density at radius 2 is 0.743 bits per heavy atom. The van der Waals surface area contributed by atoms with E-state index in [0.29, 0.717) is 0 Å². The van der Waals surface area contributed by atoms with E-state index in [-0.39, 0.29) is 37.8 Å². The molecule has 0 aromatic heterocycles. The van der Waals surface area contributed by atoms with Gasteiger partial charge in [-0.25, -0.2) is 0 Å². The van der Waals surface area contributed by atoms with Crippen molar-refractivity contribution in [1.29, 1.82) is 0 Å². The van der Waals surface area contributed by atoms with E-state index in [1.54, 1.807) is 69.2 Å². The number of hydrogen-bond donors (Lipinski definition) is 2. The number of carboxylic acid groups (broad SMARTS) is 2. The Morgan fingerprint density at radius 1 is 0.600 bits per heavy atom. The van der Waals surface area contributed by atoms with Crippen molar-refractivity contribution in [1.82, 2.24) is 0 Å². The zero-order valence-electron chi connectivity index (χ0n) is 24.4. The summed E-state index contributed by atoms with van der Waals surface area (Å²) >= 11 is 0. The maximum absolute atomic E-state index is 11.2. The van der Waals surface area contributed by atoms with Crippen molar-refractivity contribution in [3.63, 3.8) is 0 Å². The molecular formula is C26H50O8Zr. The molecule has 0 radical (unpaired) electrons. The number of ketones is 2. The molecule has 2 unspecified atom stereocenters. The molecular weight excluding hydrogens is 532 g/mol. The van der Waals surface area contributed by atoms with Gasteiger partial charge in [-0.1, -0.05) is 69.2 Å². The predicted molar refractivity (Wildman–Crippen MR) is 130 cm³/mol. The zero-order valence-corrected chi connectivity index (χ0v) is 26.9. The number of carbonyl (C=O) groups excluding carboxylic acids is 4. The Hall–Kier alpha value is -0.917. The molecule has 0 aliphatic rings. The van der Waals surface area contributed by atoms with Crippen molar-refractivity contribution in [3.05, 3.63) is 0 Å². The Bertz CT molecular complexity index is 574. The summed E-state index contributed by atoms with van der Waals surface area (Å²) in [4.78, 5) is 42.9. The molecule has 0 bridgehead atoms. The molecule has 35 heavy (non-hydrogen) atoms. The molecule has 0 fully saturated rings. The zero-order chi connectivity index (χ0) is 28.9. The van der Waals surface area contributed by atoms with Gasteiger partial charge in [0.1, 0.15) is 11.6 Å². The van der Waals surface area contributed by atoms with E-state index in [1.165, 1.54) is 13.8 Å². The number of aliphatic hydroxyl groups is 2. The second kappa shape index (κ2) is 18.3. The van der Waals surface area contributed by atoms with Crippen LogP contribution >= 0.6 is 0 Å². The average molecular weight is 582 g/mol. The predicted octanol–water partition coefficient (Wildman–Crippen LogP) is 2.31. The monoisotopic (exact) mass is 580 g/mol. The van der Waals surface area contributed by atoms with Gasteiger partial charge in [0.05, 0.1) is 35.0 Å². The molecule has 0 spiro atoms. The molecule has 0 aliphatic heterocycles. The SMILES string of the molecule is CC(C(=O)[O-])C(=O)C(C)(C)C.CC(C(=O)[O-])C(=O)C(C)(C)C.CCC(C)(C)O.CCC(C)(C)O.[Zr+2]. The van der Waals surface area contributed by atoms with E-state index >= 15 is 0 Å². The molecule has 0 aliphatic carbocycles. The van der Waals surface area contributed by atoms with Crippen LogP contribution in [-0.4, -0.2) is 44.9 Å². The first-order valence-corrected chi connectivity index (χ1v) is 11.6. The Kier molecular flexibility index (Phi) is 23.1. The number of carboxylic acids is 2. The Balaban J connectivity index is -0.000000118. The van der Waals surface area contributed by atoms with E-state index in [4.69, 9.17) is 10.2 Å². The van der Waals surface area contributed by atoms with Gasteiger partial charge in [-0.2, -0.15) is 0 Å². The second-order valence-corrected chi connectivity index (χ2v) is 11.6. The molecule has 0 amide bonds. The summed E-state index contributed by atoms with van der Waals surface area (Å²) in [5.41, 5.74) is -2.11. The number of rotatable bonds is 6. The van der Waals surface area contributed by atoms with Crippen molar-refractivity contribution >= 4 is 23.5 Å². The number of aliphatic carboxylic acids is 2. The smallest absolute Gasteiger partial charge is 0.549 e. The normalized spacial score (nSPS) is 13.0. The van der Waals surface area contributed by atoms with Gasteiger partial charge in [-0.3, -0.25) is 9.59 Å². The van der Waals surface area contributed by atoms with Crippen LogP contribution in [0.25, 0.3) is 0 Å². The molecule has 206 valence electrons. The van der Waals surface area contributed by atoms with Gasteiger partial charge in [0.2, 0.25) is 0 Å². The van der Waals surface area contributed by atoms with Crippen LogP contribution in [0.3, 0.4) is 0 Å². The molecule has 0 aromatic rings. The van der Waals surface area contributed by atoms with Crippen molar-refractivity contribution < 1.29 is 65.8 Å². The quantitative estimate of drug-likeness (QED) is 0.453. The van der Waals surface area contributed by atoms with Crippen LogP contribution in [-0.2, 0) is 45.4 Å². The van der Waals surface area contributed by atoms with Crippen LogP contribution in [0.5, 0.6) is 0 Å². The average Bonchev–Trinajstić information content (AvgIpc) is 2.64. The van der Waals surface area contributed by atoms with Gasteiger partial charge in [-0.15, -0.1) is 0 Å². The van der Waals surface area contributed by atoms with E-state index in [2.05, 4.69) is 0 Å². The topological polar surface area (TPSA) is 155 Å². The largest absolute Gasteiger partial charge is 2.00 e. The van der Waals surface area contributed by atoms with Gasteiger partial charge in [0, 0.05) is 10.8 Å². The molecule has 2 N–H and O–H groups in total. The third-order valence-corrected chi connectivity index (χ3v) is 4.70. The summed E-state index contributed by atoms with van der Waals surface area (Å²) in [6.07, 6.45) is 1.65. The molecule has 0 heterocycles. The minimum Gasteiger partial charge on any atom is -0.549 e. The number of hydrogen-bond acceptors (Lipinski definition) is 8. The maximum atomic E-state index is 11.2. The van der Waals surface area contributed by atoms with Crippen LogP contribution in [0.2, 0.25) is 0 Å². The summed E-state index contributed by atoms with van der Waals surface area (Å²) in [6, 6.07) is 0. The molecule has 9 heteroatoms. The Morgan fingerprint density at radius 3 is 0.771 bits per heavy atom. The van der Waals surface area contributed by atoms with Crippen LogP contribution in [0.15, 0.2) is 0 Å². The van der Waals surface area contributed by atoms with Gasteiger partial charge < -0.3 is 30.0 Å². The van der Waals surface area contributed by atoms with E-state index in [1.807, 2.05) is 13.8 Å². The molecule has 0 rings (SSSR count). The van der Waals surface area contributed by atoms with Crippen molar-refractivity contribution in [2.75, 3.05) is 0 Å². The molecule has 0 saturated carbocycles. The van der Waals surface area contributed by atoms with Gasteiger partial charge >= 0.3 is 26.2 Å². The summed E-state index contributed by atoms with van der Waals surface area (Å²) in [7, 11) is 0. The van der Waals surface area contributed by atoms with Crippen LogP contribution in [0.4, 0.5) is 0 Å². The van der Waals surface area contributed by atoms with E-state index < -0.39 is 45.8 Å². The van der Waals surface area contributed by atoms with Gasteiger partial charge in [-0.05, 0) is 40.5 Å². The Labute approximate surface area is 232 Å². The molecule has 0 aromatic carbocycles. The molecule has 0 saturated heterocycles. The van der Waals surface area contributed by atoms with Crippen LogP contribution < -0.4 is 10.2 Å². The van der Waals surface area contributed by atoms with Gasteiger partial charge in [0.15, 0.2) is 0 Å². The minimum atomic E-state index is -1.30. The standard InChI is InChI=1S/2C8H14O3.2C5H12O.Zr/c2*1-5(7(10)11)6(9)8(2,3)4;2*1-4-5(2,3)6;/h2*5H,1-4H3,(H,10,11);2*6H,4H2,1-3H3;/q;;;;+2/p-2. The first kappa shape index (κ1) is 44.1. The first-order valence-electron chi connectivity index (χ1n) is 11.6. The summed E-state index contributed by atoms with van der Waals surface area (Å²) in [5.74, 6) is -5.20. The van der Waals surface area contributed by atoms with E-state index in [0.717, 1.165) is 12.8 Å².